The summed E-state index contributed by atoms with van der Waals surface area (Å²) in [6.07, 6.45) is 1.69. The van der Waals surface area contributed by atoms with E-state index >= 15 is 0 Å². The van der Waals surface area contributed by atoms with Gasteiger partial charge in [-0.25, -0.2) is 4.98 Å². The van der Waals surface area contributed by atoms with Crippen molar-refractivity contribution in [1.82, 2.24) is 4.98 Å². The van der Waals surface area contributed by atoms with Crippen molar-refractivity contribution in [3.05, 3.63) is 56.8 Å². The number of anilines is 1. The first-order chi connectivity index (χ1) is 8.56. The van der Waals surface area contributed by atoms with Crippen molar-refractivity contribution in [2.45, 2.75) is 13.5 Å². The molecule has 0 radical (unpaired) electrons. The Labute approximate surface area is 121 Å². The molecule has 0 aliphatic carbocycles. The summed E-state index contributed by atoms with van der Waals surface area (Å²) in [6, 6.07) is 7.38. The number of hydrogen-bond donors (Lipinski definition) is 1. The van der Waals surface area contributed by atoms with Crippen molar-refractivity contribution < 1.29 is 0 Å². The molecule has 0 bridgehead atoms. The number of aryl methyl sites for hydroxylation is 1. The molecule has 0 atom stereocenters. The standard InChI is InChI=1S/C13H11Cl3N2/c1-8-4-11(7-18-13(8)16)17-6-9-2-3-10(14)5-12(9)15/h2-5,7,17H,6H2,1H3. The Bertz CT molecular complexity index is 570. The summed E-state index contributed by atoms with van der Waals surface area (Å²) >= 11 is 17.8. The fraction of sp³-hybridized carbons (Fsp3) is 0.154. The van der Waals surface area contributed by atoms with Gasteiger partial charge in [0.1, 0.15) is 5.15 Å². The summed E-state index contributed by atoms with van der Waals surface area (Å²) in [5.41, 5.74) is 2.82. The van der Waals surface area contributed by atoms with Crippen LogP contribution in [0.5, 0.6) is 0 Å². The topological polar surface area (TPSA) is 24.9 Å². The van der Waals surface area contributed by atoms with Gasteiger partial charge in [0.2, 0.25) is 0 Å². The quantitative estimate of drug-likeness (QED) is 0.810. The van der Waals surface area contributed by atoms with Crippen molar-refractivity contribution in [1.29, 1.82) is 0 Å². The SMILES string of the molecule is Cc1cc(NCc2ccc(Cl)cc2Cl)cnc1Cl. The van der Waals surface area contributed by atoms with E-state index in [2.05, 4.69) is 10.3 Å². The van der Waals surface area contributed by atoms with Gasteiger partial charge in [0, 0.05) is 16.6 Å². The van der Waals surface area contributed by atoms with Gasteiger partial charge in [0.25, 0.3) is 0 Å². The van der Waals surface area contributed by atoms with Crippen LogP contribution in [0.4, 0.5) is 5.69 Å². The molecule has 0 saturated heterocycles. The summed E-state index contributed by atoms with van der Waals surface area (Å²) < 4.78 is 0. The first-order valence-corrected chi connectivity index (χ1v) is 6.49. The Kier molecular flexibility index (Phi) is 4.33. The molecule has 0 saturated carbocycles. The van der Waals surface area contributed by atoms with Crippen LogP contribution < -0.4 is 5.32 Å². The number of halogens is 3. The van der Waals surface area contributed by atoms with Gasteiger partial charge in [0.15, 0.2) is 0 Å². The molecule has 0 aliphatic heterocycles. The first kappa shape index (κ1) is 13.5. The van der Waals surface area contributed by atoms with E-state index in [0.29, 0.717) is 21.7 Å². The zero-order chi connectivity index (χ0) is 13.1. The van der Waals surface area contributed by atoms with Crippen LogP contribution in [0.25, 0.3) is 0 Å². The number of nitrogens with zero attached hydrogens (tertiary/aromatic N) is 1. The Morgan fingerprint density at radius 1 is 1.17 bits per heavy atom. The van der Waals surface area contributed by atoms with Gasteiger partial charge in [-0.3, -0.25) is 0 Å². The molecule has 0 unspecified atom stereocenters. The molecule has 94 valence electrons. The smallest absolute Gasteiger partial charge is 0.132 e. The molecule has 1 aromatic carbocycles. The normalized spacial score (nSPS) is 10.4. The van der Waals surface area contributed by atoms with Crippen LogP contribution in [-0.2, 0) is 6.54 Å². The van der Waals surface area contributed by atoms with Crippen LogP contribution in [0.15, 0.2) is 30.5 Å². The van der Waals surface area contributed by atoms with Crippen LogP contribution in [0, 0.1) is 6.92 Å². The van der Waals surface area contributed by atoms with Crippen molar-refractivity contribution in [3.8, 4) is 0 Å². The van der Waals surface area contributed by atoms with Gasteiger partial charge in [-0.2, -0.15) is 0 Å². The van der Waals surface area contributed by atoms with Crippen LogP contribution in [-0.4, -0.2) is 4.98 Å². The second-order valence-corrected chi connectivity index (χ2v) is 5.12. The third-order valence-electron chi connectivity index (χ3n) is 2.51. The molecular weight excluding hydrogens is 291 g/mol. The fourth-order valence-electron chi connectivity index (χ4n) is 1.52. The van der Waals surface area contributed by atoms with Gasteiger partial charge in [-0.05, 0) is 36.2 Å². The van der Waals surface area contributed by atoms with E-state index in [-0.39, 0.29) is 0 Å². The average Bonchev–Trinajstić information content (AvgIpc) is 2.32. The number of hydrogen-bond acceptors (Lipinski definition) is 2. The third kappa shape index (κ3) is 3.29. The Balaban J connectivity index is 2.09. The molecule has 2 nitrogen and oxygen atoms in total. The van der Waals surface area contributed by atoms with Crippen molar-refractivity contribution in [3.63, 3.8) is 0 Å². The number of pyridine rings is 1. The van der Waals surface area contributed by atoms with Crippen LogP contribution in [0.2, 0.25) is 15.2 Å². The molecule has 0 amide bonds. The maximum Gasteiger partial charge on any atom is 0.132 e. The largest absolute Gasteiger partial charge is 0.380 e. The highest BCUT2D eigenvalue weighted by Crippen LogP contribution is 2.22. The van der Waals surface area contributed by atoms with Crippen molar-refractivity contribution in [2.24, 2.45) is 0 Å². The van der Waals surface area contributed by atoms with Gasteiger partial charge in [-0.15, -0.1) is 0 Å². The molecule has 2 rings (SSSR count). The van der Waals surface area contributed by atoms with Crippen molar-refractivity contribution in [2.75, 3.05) is 5.32 Å². The number of rotatable bonds is 3. The Hall–Kier alpha value is -0.960. The fourth-order valence-corrected chi connectivity index (χ4v) is 2.10. The highest BCUT2D eigenvalue weighted by molar-refractivity contribution is 6.35. The lowest BCUT2D eigenvalue weighted by Crippen LogP contribution is -2.01. The maximum atomic E-state index is 6.09. The summed E-state index contributed by atoms with van der Waals surface area (Å²) in [4.78, 5) is 4.08. The van der Waals surface area contributed by atoms with E-state index in [1.165, 1.54) is 0 Å². The lowest BCUT2D eigenvalue weighted by atomic mass is 10.2. The predicted octanol–water partition coefficient (Wildman–Crippen LogP) is 4.96. The number of nitrogens with one attached hydrogen (secondary N) is 1. The molecule has 1 aromatic heterocycles. The first-order valence-electron chi connectivity index (χ1n) is 5.36. The minimum absolute atomic E-state index is 0.519. The minimum atomic E-state index is 0.519. The monoisotopic (exact) mass is 300 g/mol. The Morgan fingerprint density at radius 3 is 2.61 bits per heavy atom. The van der Waals surface area contributed by atoms with E-state index < -0.39 is 0 Å². The number of aromatic nitrogens is 1. The van der Waals surface area contributed by atoms with E-state index in [1.54, 1.807) is 12.3 Å². The molecular formula is C13H11Cl3N2. The van der Waals surface area contributed by atoms with E-state index in [1.807, 2.05) is 25.1 Å². The van der Waals surface area contributed by atoms with Crippen LogP contribution in [0.1, 0.15) is 11.1 Å². The maximum absolute atomic E-state index is 6.09. The van der Waals surface area contributed by atoms with E-state index in [0.717, 1.165) is 16.8 Å². The highest BCUT2D eigenvalue weighted by atomic mass is 35.5. The van der Waals surface area contributed by atoms with Gasteiger partial charge in [0.05, 0.1) is 11.9 Å². The summed E-state index contributed by atoms with van der Waals surface area (Å²) in [5, 5.41) is 5.04. The zero-order valence-corrected chi connectivity index (χ0v) is 11.9. The molecule has 1 heterocycles. The molecule has 1 N–H and O–H groups in total. The van der Waals surface area contributed by atoms with Gasteiger partial charge >= 0.3 is 0 Å². The van der Waals surface area contributed by atoms with Gasteiger partial charge < -0.3 is 5.32 Å². The minimum Gasteiger partial charge on any atom is -0.380 e. The lowest BCUT2D eigenvalue weighted by molar-refractivity contribution is 1.13. The summed E-state index contributed by atoms with van der Waals surface area (Å²) in [7, 11) is 0. The molecule has 0 spiro atoms. The predicted molar refractivity (Wildman–Crippen MR) is 77.8 cm³/mol. The van der Waals surface area contributed by atoms with Crippen LogP contribution >= 0.6 is 34.8 Å². The summed E-state index contributed by atoms with van der Waals surface area (Å²) in [6.45, 7) is 2.52. The second kappa shape index (κ2) is 5.79. The molecule has 2 aromatic rings. The molecule has 18 heavy (non-hydrogen) atoms. The highest BCUT2D eigenvalue weighted by Gasteiger charge is 2.02. The molecule has 0 fully saturated rings. The molecule has 0 aliphatic rings. The second-order valence-electron chi connectivity index (χ2n) is 3.92. The number of benzene rings is 1. The van der Waals surface area contributed by atoms with Gasteiger partial charge in [-0.1, -0.05) is 40.9 Å². The third-order valence-corrected chi connectivity index (χ3v) is 3.50. The molecule has 5 heteroatoms. The Morgan fingerprint density at radius 2 is 1.94 bits per heavy atom. The zero-order valence-electron chi connectivity index (χ0n) is 9.67. The van der Waals surface area contributed by atoms with Crippen molar-refractivity contribution >= 4 is 40.5 Å². The average molecular weight is 302 g/mol. The lowest BCUT2D eigenvalue weighted by Gasteiger charge is -2.09. The van der Waals surface area contributed by atoms with E-state index in [9.17, 15) is 0 Å². The summed E-state index contributed by atoms with van der Waals surface area (Å²) in [5.74, 6) is 0. The van der Waals surface area contributed by atoms with Crippen LogP contribution in [0.3, 0.4) is 0 Å². The van der Waals surface area contributed by atoms with E-state index in [4.69, 9.17) is 34.8 Å².